The molecule has 1 fully saturated rings. The van der Waals surface area contributed by atoms with Crippen LogP contribution in [0.15, 0.2) is 60.2 Å². The van der Waals surface area contributed by atoms with E-state index in [1.807, 2.05) is 30.3 Å². The van der Waals surface area contributed by atoms with Gasteiger partial charge in [-0.3, -0.25) is 4.90 Å². The van der Waals surface area contributed by atoms with Crippen LogP contribution in [0, 0.1) is 5.92 Å². The number of piperidine rings is 1. The number of amides is 1. The Hall–Kier alpha value is -2.63. The zero-order valence-corrected chi connectivity index (χ0v) is 16.9. The summed E-state index contributed by atoms with van der Waals surface area (Å²) in [5.74, 6) is 0.352. The molecular formula is C25H27NO4. The summed E-state index contributed by atoms with van der Waals surface area (Å²) in [6.45, 7) is 0.618. The lowest BCUT2D eigenvalue weighted by atomic mass is 9.79. The maximum absolute atomic E-state index is 13.0. The fraction of sp³-hybridized carbons (Fsp3) is 0.400. The second-order valence-corrected chi connectivity index (χ2v) is 8.59. The van der Waals surface area contributed by atoms with Gasteiger partial charge in [0.1, 0.15) is 6.61 Å². The number of likely N-dealkylation sites (tertiary alicyclic amines) is 1. The number of carbonyl (C=O) groups is 1. The van der Waals surface area contributed by atoms with E-state index in [0.29, 0.717) is 12.5 Å². The summed E-state index contributed by atoms with van der Waals surface area (Å²) in [4.78, 5) is 14.6. The van der Waals surface area contributed by atoms with Crippen molar-refractivity contribution in [3.8, 4) is 11.1 Å². The highest BCUT2D eigenvalue weighted by Gasteiger charge is 2.37. The van der Waals surface area contributed by atoms with E-state index in [1.54, 1.807) is 4.90 Å². The van der Waals surface area contributed by atoms with Gasteiger partial charge in [-0.25, -0.2) is 4.79 Å². The fourth-order valence-corrected chi connectivity index (χ4v) is 5.32. The number of carbonyl (C=O) groups excluding carboxylic acids is 1. The average Bonchev–Trinajstić information content (AvgIpc) is 3.10. The number of nitrogens with zero attached hydrogens (tertiary/aromatic N) is 1. The lowest BCUT2D eigenvalue weighted by Crippen LogP contribution is -2.50. The molecule has 2 N–H and O–H groups in total. The third-order valence-electron chi connectivity index (χ3n) is 6.87. The van der Waals surface area contributed by atoms with Crippen molar-refractivity contribution in [3.63, 3.8) is 0 Å². The van der Waals surface area contributed by atoms with Gasteiger partial charge in [-0.05, 0) is 53.0 Å². The molecule has 156 valence electrons. The van der Waals surface area contributed by atoms with Crippen molar-refractivity contribution < 1.29 is 19.7 Å². The van der Waals surface area contributed by atoms with E-state index >= 15 is 0 Å². The number of hydrogen-bond donors (Lipinski definition) is 2. The highest BCUT2D eigenvalue weighted by molar-refractivity contribution is 5.79. The molecule has 0 radical (unpaired) electrons. The summed E-state index contributed by atoms with van der Waals surface area (Å²) < 4.78 is 5.80. The Balaban J connectivity index is 1.33. The largest absolute Gasteiger partial charge is 0.448 e. The predicted octanol–water partition coefficient (Wildman–Crippen LogP) is 3.70. The number of rotatable bonds is 3. The van der Waals surface area contributed by atoms with Gasteiger partial charge in [0.2, 0.25) is 0 Å². The standard InChI is InChI=1S/C25H27NO4/c27-14-18-11-16-9-10-19(28)12-17(16)13-26(18)25(29)30-15-24-22-7-3-1-5-20(22)21-6-2-4-8-23(21)24/h1-8,12,16,18-19,24,27-28H,9-11,13-15H2/t16?,18?,19-/m0/s1. The van der Waals surface area contributed by atoms with Crippen LogP contribution in [0.5, 0.6) is 0 Å². The van der Waals surface area contributed by atoms with Gasteiger partial charge in [-0.1, -0.05) is 54.6 Å². The fourth-order valence-electron chi connectivity index (χ4n) is 5.32. The van der Waals surface area contributed by atoms with Gasteiger partial charge in [0.05, 0.1) is 18.8 Å². The van der Waals surface area contributed by atoms with Gasteiger partial charge in [0.15, 0.2) is 0 Å². The van der Waals surface area contributed by atoms with Crippen LogP contribution < -0.4 is 0 Å². The van der Waals surface area contributed by atoms with Crippen LogP contribution >= 0.6 is 0 Å². The summed E-state index contributed by atoms with van der Waals surface area (Å²) in [6.07, 6.45) is 3.42. The summed E-state index contributed by atoms with van der Waals surface area (Å²) in [6, 6.07) is 16.3. The molecule has 2 aliphatic carbocycles. The first-order chi connectivity index (χ1) is 14.7. The lowest BCUT2D eigenvalue weighted by molar-refractivity contribution is 0.0488. The monoisotopic (exact) mass is 405 g/mol. The Kier molecular flexibility index (Phi) is 5.09. The minimum atomic E-state index is -0.439. The van der Waals surface area contributed by atoms with Crippen molar-refractivity contribution >= 4 is 6.09 Å². The topological polar surface area (TPSA) is 70.0 Å². The van der Waals surface area contributed by atoms with Crippen molar-refractivity contribution in [1.82, 2.24) is 4.90 Å². The molecule has 1 heterocycles. The zero-order valence-electron chi connectivity index (χ0n) is 16.9. The van der Waals surface area contributed by atoms with Crippen LogP contribution in [0.25, 0.3) is 11.1 Å². The molecule has 30 heavy (non-hydrogen) atoms. The Morgan fingerprint density at radius 3 is 2.37 bits per heavy atom. The molecule has 0 spiro atoms. The van der Waals surface area contributed by atoms with Crippen molar-refractivity contribution in [2.75, 3.05) is 19.8 Å². The molecule has 2 unspecified atom stereocenters. The van der Waals surface area contributed by atoms with E-state index in [2.05, 4.69) is 24.3 Å². The minimum absolute atomic E-state index is 0.0159. The highest BCUT2D eigenvalue weighted by Crippen LogP contribution is 2.44. The van der Waals surface area contributed by atoms with Crippen LogP contribution in [0.1, 0.15) is 36.3 Å². The third-order valence-corrected chi connectivity index (χ3v) is 6.87. The van der Waals surface area contributed by atoms with Crippen molar-refractivity contribution in [2.45, 2.75) is 37.3 Å². The van der Waals surface area contributed by atoms with E-state index in [9.17, 15) is 15.0 Å². The first kappa shape index (κ1) is 19.3. The lowest BCUT2D eigenvalue weighted by Gasteiger charge is -2.41. The summed E-state index contributed by atoms with van der Waals surface area (Å²) in [7, 11) is 0. The van der Waals surface area contributed by atoms with Crippen molar-refractivity contribution in [1.29, 1.82) is 0 Å². The van der Waals surface area contributed by atoms with Gasteiger partial charge in [-0.2, -0.15) is 0 Å². The van der Waals surface area contributed by atoms with E-state index < -0.39 is 12.2 Å². The van der Waals surface area contributed by atoms with Gasteiger partial charge in [0, 0.05) is 12.5 Å². The molecule has 2 aromatic rings. The number of aliphatic hydroxyl groups excluding tert-OH is 2. The second kappa shape index (κ2) is 7.89. The van der Waals surface area contributed by atoms with Gasteiger partial charge < -0.3 is 14.9 Å². The van der Waals surface area contributed by atoms with Crippen LogP contribution in [0.3, 0.4) is 0 Å². The first-order valence-electron chi connectivity index (χ1n) is 10.8. The molecule has 0 bridgehead atoms. The van der Waals surface area contributed by atoms with Crippen LogP contribution in [-0.4, -0.2) is 53.1 Å². The number of fused-ring (bicyclic) bond motifs is 4. The van der Waals surface area contributed by atoms with Crippen molar-refractivity contribution in [2.24, 2.45) is 5.92 Å². The predicted molar refractivity (Wildman–Crippen MR) is 114 cm³/mol. The number of hydrogen-bond acceptors (Lipinski definition) is 4. The Morgan fingerprint density at radius 1 is 1.03 bits per heavy atom. The molecule has 5 nitrogen and oxygen atoms in total. The normalized spacial score (nSPS) is 25.2. The maximum atomic E-state index is 13.0. The Bertz CT molecular complexity index is 939. The van der Waals surface area contributed by atoms with E-state index in [4.69, 9.17) is 4.74 Å². The van der Waals surface area contributed by atoms with Gasteiger partial charge in [-0.15, -0.1) is 0 Å². The Labute approximate surface area is 176 Å². The van der Waals surface area contributed by atoms with E-state index in [1.165, 1.54) is 22.3 Å². The molecule has 1 aliphatic heterocycles. The highest BCUT2D eigenvalue weighted by atomic mass is 16.6. The van der Waals surface area contributed by atoms with Crippen molar-refractivity contribution in [3.05, 3.63) is 71.3 Å². The molecule has 2 aromatic carbocycles. The first-order valence-corrected chi connectivity index (χ1v) is 10.8. The number of benzene rings is 2. The zero-order chi connectivity index (χ0) is 20.7. The van der Waals surface area contributed by atoms with Crippen LogP contribution in [-0.2, 0) is 4.74 Å². The van der Waals surface area contributed by atoms with E-state index in [0.717, 1.165) is 24.8 Å². The Morgan fingerprint density at radius 2 is 1.70 bits per heavy atom. The van der Waals surface area contributed by atoms with E-state index in [-0.39, 0.29) is 25.2 Å². The number of aliphatic hydroxyl groups is 2. The maximum Gasteiger partial charge on any atom is 0.410 e. The average molecular weight is 405 g/mol. The van der Waals surface area contributed by atoms with Crippen LogP contribution in [0.4, 0.5) is 4.79 Å². The van der Waals surface area contributed by atoms with Crippen LogP contribution in [0.2, 0.25) is 0 Å². The molecule has 0 aromatic heterocycles. The third kappa shape index (κ3) is 3.32. The quantitative estimate of drug-likeness (QED) is 0.764. The molecule has 0 saturated carbocycles. The SMILES string of the molecule is O=C(OCC1c2ccccc2-c2ccccc21)N1CC2=C[C@@H](O)CCC2CC1CO. The summed E-state index contributed by atoms with van der Waals surface area (Å²) >= 11 is 0. The summed E-state index contributed by atoms with van der Waals surface area (Å²) in [5.41, 5.74) is 5.85. The summed E-state index contributed by atoms with van der Waals surface area (Å²) in [5, 5.41) is 19.8. The molecule has 3 atom stereocenters. The molecular weight excluding hydrogens is 378 g/mol. The number of ether oxygens (including phenoxy) is 1. The second-order valence-electron chi connectivity index (χ2n) is 8.59. The van der Waals surface area contributed by atoms with Gasteiger partial charge in [0.25, 0.3) is 0 Å². The van der Waals surface area contributed by atoms with Gasteiger partial charge >= 0.3 is 6.09 Å². The minimum Gasteiger partial charge on any atom is -0.448 e. The molecule has 5 rings (SSSR count). The molecule has 3 aliphatic rings. The molecule has 1 saturated heterocycles. The molecule has 1 amide bonds. The molecule has 5 heteroatoms. The smallest absolute Gasteiger partial charge is 0.410 e.